The summed E-state index contributed by atoms with van der Waals surface area (Å²) in [6.07, 6.45) is 4.18. The molecule has 0 aromatic heterocycles. The molecule has 0 aliphatic carbocycles. The Bertz CT molecular complexity index is 191. The van der Waals surface area contributed by atoms with E-state index in [0.29, 0.717) is 32.8 Å². The average Bonchev–Trinajstić information content (AvgIpc) is 2.39. The number of rotatable bonds is 13. The number of hydrogen-bond acceptors (Lipinski definition) is 5. The van der Waals surface area contributed by atoms with E-state index in [4.69, 9.17) is 20.1 Å². The molecule has 0 aliphatic heterocycles. The van der Waals surface area contributed by atoms with E-state index in [2.05, 4.69) is 5.43 Å². The van der Waals surface area contributed by atoms with Crippen molar-refractivity contribution < 1.29 is 19.0 Å². The van der Waals surface area contributed by atoms with E-state index in [-0.39, 0.29) is 5.91 Å². The van der Waals surface area contributed by atoms with Gasteiger partial charge in [-0.25, -0.2) is 5.84 Å². The van der Waals surface area contributed by atoms with Gasteiger partial charge in [-0.2, -0.15) is 0 Å². The van der Waals surface area contributed by atoms with Crippen LogP contribution in [-0.2, 0) is 19.0 Å². The van der Waals surface area contributed by atoms with Gasteiger partial charge in [0.1, 0.15) is 0 Å². The summed E-state index contributed by atoms with van der Waals surface area (Å²) in [7, 11) is 1.68. The molecule has 0 atom stereocenters. The van der Waals surface area contributed by atoms with E-state index >= 15 is 0 Å². The van der Waals surface area contributed by atoms with Crippen molar-refractivity contribution in [1.82, 2.24) is 5.43 Å². The van der Waals surface area contributed by atoms with Crippen molar-refractivity contribution in [2.45, 2.75) is 32.1 Å². The van der Waals surface area contributed by atoms with Crippen LogP contribution in [0, 0.1) is 0 Å². The highest BCUT2D eigenvalue weighted by Gasteiger charge is 1.97. The number of methoxy groups -OCH3 is 1. The summed E-state index contributed by atoms with van der Waals surface area (Å²) >= 11 is 0. The quantitative estimate of drug-likeness (QED) is 0.220. The smallest absolute Gasteiger partial charge is 0.233 e. The Morgan fingerprint density at radius 2 is 1.61 bits per heavy atom. The van der Waals surface area contributed by atoms with Crippen molar-refractivity contribution in [1.29, 1.82) is 0 Å². The number of ether oxygens (including phenoxy) is 3. The van der Waals surface area contributed by atoms with Crippen LogP contribution in [0.4, 0.5) is 0 Å². The molecule has 3 N–H and O–H groups in total. The van der Waals surface area contributed by atoms with Crippen molar-refractivity contribution in [3.8, 4) is 0 Å². The fourth-order valence-electron chi connectivity index (χ4n) is 1.37. The SMILES string of the molecule is COCCCOCCOCCCCCC(=O)NN. The van der Waals surface area contributed by atoms with Gasteiger partial charge in [0.15, 0.2) is 0 Å². The van der Waals surface area contributed by atoms with Crippen LogP contribution in [0.1, 0.15) is 32.1 Å². The fourth-order valence-corrected chi connectivity index (χ4v) is 1.37. The van der Waals surface area contributed by atoms with E-state index in [1.54, 1.807) is 7.11 Å². The number of hydrazine groups is 1. The molecule has 0 unspecified atom stereocenters. The number of amides is 1. The summed E-state index contributed by atoms with van der Waals surface area (Å²) in [5.74, 6) is 4.85. The van der Waals surface area contributed by atoms with Gasteiger partial charge in [0, 0.05) is 33.4 Å². The van der Waals surface area contributed by atoms with Crippen LogP contribution < -0.4 is 11.3 Å². The van der Waals surface area contributed by atoms with E-state index in [0.717, 1.165) is 32.3 Å². The molecule has 0 fully saturated rings. The molecule has 0 radical (unpaired) electrons. The second kappa shape index (κ2) is 14.4. The third kappa shape index (κ3) is 13.4. The number of unbranched alkanes of at least 4 members (excludes halogenated alkanes) is 2. The summed E-state index contributed by atoms with van der Waals surface area (Å²) in [4.78, 5) is 10.8. The molecule has 0 aromatic carbocycles. The first-order chi connectivity index (χ1) is 8.81. The topological polar surface area (TPSA) is 82.8 Å². The van der Waals surface area contributed by atoms with Gasteiger partial charge in [0.05, 0.1) is 13.2 Å². The second-order valence-corrected chi connectivity index (χ2v) is 3.95. The molecule has 6 heteroatoms. The predicted molar refractivity (Wildman–Crippen MR) is 68.9 cm³/mol. The summed E-state index contributed by atoms with van der Waals surface area (Å²) in [6.45, 7) is 3.41. The molecule has 108 valence electrons. The molecule has 1 amide bonds. The summed E-state index contributed by atoms with van der Waals surface area (Å²) in [5, 5.41) is 0. The molecule has 0 rings (SSSR count). The molecule has 0 spiro atoms. The maximum absolute atomic E-state index is 10.8. The maximum atomic E-state index is 10.8. The Labute approximate surface area is 109 Å². The molecule has 0 saturated carbocycles. The van der Waals surface area contributed by atoms with Gasteiger partial charge >= 0.3 is 0 Å². The van der Waals surface area contributed by atoms with Crippen LogP contribution in [0.2, 0.25) is 0 Å². The molecule has 18 heavy (non-hydrogen) atoms. The minimum atomic E-state index is -0.111. The van der Waals surface area contributed by atoms with E-state index < -0.39 is 0 Å². The average molecular weight is 262 g/mol. The van der Waals surface area contributed by atoms with Crippen LogP contribution in [0.5, 0.6) is 0 Å². The molecular formula is C12H26N2O4. The number of nitrogens with one attached hydrogen (secondary N) is 1. The molecule has 6 nitrogen and oxygen atoms in total. The molecule has 0 aliphatic rings. The molecular weight excluding hydrogens is 236 g/mol. The Balaban J connectivity index is 2.97. The lowest BCUT2D eigenvalue weighted by atomic mass is 10.2. The Morgan fingerprint density at radius 3 is 2.22 bits per heavy atom. The highest BCUT2D eigenvalue weighted by molar-refractivity contribution is 5.74. The van der Waals surface area contributed by atoms with Crippen molar-refractivity contribution in [3.63, 3.8) is 0 Å². The van der Waals surface area contributed by atoms with Gasteiger partial charge in [0.25, 0.3) is 0 Å². The van der Waals surface area contributed by atoms with Crippen LogP contribution in [0.25, 0.3) is 0 Å². The van der Waals surface area contributed by atoms with E-state index in [1.165, 1.54) is 0 Å². The zero-order chi connectivity index (χ0) is 13.5. The first-order valence-corrected chi connectivity index (χ1v) is 6.45. The van der Waals surface area contributed by atoms with Gasteiger partial charge in [-0.15, -0.1) is 0 Å². The third-order valence-electron chi connectivity index (χ3n) is 2.36. The van der Waals surface area contributed by atoms with Crippen LogP contribution in [-0.4, -0.2) is 46.1 Å². The van der Waals surface area contributed by atoms with Gasteiger partial charge < -0.3 is 14.2 Å². The first kappa shape index (κ1) is 17.3. The molecule has 0 saturated heterocycles. The van der Waals surface area contributed by atoms with Gasteiger partial charge in [0.2, 0.25) is 5.91 Å². The monoisotopic (exact) mass is 262 g/mol. The first-order valence-electron chi connectivity index (χ1n) is 6.45. The lowest BCUT2D eigenvalue weighted by Gasteiger charge is -2.05. The lowest BCUT2D eigenvalue weighted by Crippen LogP contribution is -2.29. The number of carbonyl (C=O) groups excluding carboxylic acids is 1. The summed E-state index contributed by atoms with van der Waals surface area (Å²) < 4.78 is 15.6. The Morgan fingerprint density at radius 1 is 0.944 bits per heavy atom. The zero-order valence-corrected chi connectivity index (χ0v) is 11.3. The standard InChI is InChI=1S/C12H26N2O4/c1-16-7-5-9-18-11-10-17-8-4-2-3-6-12(15)14-13/h2-11,13H2,1H3,(H,14,15). The highest BCUT2D eigenvalue weighted by atomic mass is 16.5. The molecule has 0 heterocycles. The summed E-state index contributed by atoms with van der Waals surface area (Å²) in [5.41, 5.74) is 2.11. The van der Waals surface area contributed by atoms with E-state index in [1.807, 2.05) is 0 Å². The molecule has 0 aromatic rings. The minimum Gasteiger partial charge on any atom is -0.385 e. The van der Waals surface area contributed by atoms with Crippen molar-refractivity contribution in [2.24, 2.45) is 5.84 Å². The van der Waals surface area contributed by atoms with Crippen molar-refractivity contribution >= 4 is 5.91 Å². The Kier molecular flexibility index (Phi) is 13.8. The van der Waals surface area contributed by atoms with Crippen LogP contribution in [0.15, 0.2) is 0 Å². The predicted octanol–water partition coefficient (Wildman–Crippen LogP) is 0.606. The summed E-state index contributed by atoms with van der Waals surface area (Å²) in [6, 6.07) is 0. The van der Waals surface area contributed by atoms with Gasteiger partial charge in [-0.1, -0.05) is 6.42 Å². The third-order valence-corrected chi connectivity index (χ3v) is 2.36. The zero-order valence-electron chi connectivity index (χ0n) is 11.3. The van der Waals surface area contributed by atoms with Crippen molar-refractivity contribution in [3.05, 3.63) is 0 Å². The van der Waals surface area contributed by atoms with Crippen molar-refractivity contribution in [2.75, 3.05) is 40.1 Å². The maximum Gasteiger partial charge on any atom is 0.233 e. The fraction of sp³-hybridized carbons (Fsp3) is 0.917. The minimum absolute atomic E-state index is 0.111. The molecule has 0 bridgehead atoms. The van der Waals surface area contributed by atoms with Crippen LogP contribution in [0.3, 0.4) is 0 Å². The van der Waals surface area contributed by atoms with Gasteiger partial charge in [-0.05, 0) is 19.3 Å². The number of nitrogens with two attached hydrogens (primary N) is 1. The highest BCUT2D eigenvalue weighted by Crippen LogP contribution is 1.99. The van der Waals surface area contributed by atoms with Crippen LogP contribution >= 0.6 is 0 Å². The van der Waals surface area contributed by atoms with Gasteiger partial charge in [-0.3, -0.25) is 10.2 Å². The number of carbonyl (C=O) groups is 1. The Hall–Kier alpha value is -0.690. The lowest BCUT2D eigenvalue weighted by molar-refractivity contribution is -0.121. The van der Waals surface area contributed by atoms with E-state index in [9.17, 15) is 4.79 Å². The normalized spacial score (nSPS) is 10.6. The largest absolute Gasteiger partial charge is 0.385 e. The number of hydrogen-bond donors (Lipinski definition) is 2. The second-order valence-electron chi connectivity index (χ2n) is 3.95.